The highest BCUT2D eigenvalue weighted by molar-refractivity contribution is 7.99. The molecule has 1 aliphatic carbocycles. The van der Waals surface area contributed by atoms with Crippen molar-refractivity contribution in [1.82, 2.24) is 19.6 Å². The predicted molar refractivity (Wildman–Crippen MR) is 132 cm³/mol. The van der Waals surface area contributed by atoms with Gasteiger partial charge in [0, 0.05) is 17.0 Å². The van der Waals surface area contributed by atoms with Crippen molar-refractivity contribution in [3.8, 4) is 0 Å². The lowest BCUT2D eigenvalue weighted by Gasteiger charge is -2.17. The van der Waals surface area contributed by atoms with Crippen molar-refractivity contribution in [2.24, 2.45) is 5.92 Å². The van der Waals surface area contributed by atoms with Gasteiger partial charge in [0.15, 0.2) is 10.8 Å². The molecule has 166 valence electrons. The van der Waals surface area contributed by atoms with Gasteiger partial charge in [-0.1, -0.05) is 43.8 Å². The first-order valence-electron chi connectivity index (χ1n) is 11.1. The molecule has 0 bridgehead atoms. The molecule has 1 unspecified atom stereocenters. The van der Waals surface area contributed by atoms with Crippen LogP contribution in [0.2, 0.25) is 0 Å². The summed E-state index contributed by atoms with van der Waals surface area (Å²) in [4.78, 5) is 20.2. The lowest BCUT2D eigenvalue weighted by molar-refractivity contribution is -0.113. The van der Waals surface area contributed by atoms with Gasteiger partial charge in [-0.2, -0.15) is 0 Å². The van der Waals surface area contributed by atoms with E-state index >= 15 is 0 Å². The number of aryl methyl sites for hydroxylation is 4. The van der Waals surface area contributed by atoms with Crippen molar-refractivity contribution in [1.29, 1.82) is 0 Å². The highest BCUT2D eigenvalue weighted by atomic mass is 32.2. The van der Waals surface area contributed by atoms with E-state index < -0.39 is 0 Å². The largest absolute Gasteiger partial charge is 0.325 e. The maximum absolute atomic E-state index is 12.7. The third-order valence-electron chi connectivity index (χ3n) is 6.23. The molecule has 1 amide bonds. The molecular weight excluding hydrogens is 438 g/mol. The molecule has 0 radical (unpaired) electrons. The van der Waals surface area contributed by atoms with Gasteiger partial charge in [0.25, 0.3) is 0 Å². The summed E-state index contributed by atoms with van der Waals surface area (Å²) in [6.45, 7) is 8.44. The zero-order valence-electron chi connectivity index (χ0n) is 18.9. The number of aromatic nitrogens is 4. The number of hydrogen-bond acceptors (Lipinski definition) is 6. The van der Waals surface area contributed by atoms with Crippen LogP contribution in [0.4, 0.5) is 5.69 Å². The number of thioether (sulfide) groups is 1. The number of amides is 1. The molecular formula is C24H27N5OS2. The first-order valence-corrected chi connectivity index (χ1v) is 12.9. The van der Waals surface area contributed by atoms with Crippen LogP contribution in [0.15, 0.2) is 23.4 Å². The molecule has 0 saturated carbocycles. The molecule has 3 aromatic heterocycles. The van der Waals surface area contributed by atoms with E-state index in [0.29, 0.717) is 0 Å². The number of para-hydroxylation sites is 1. The Hall–Kier alpha value is -2.45. The van der Waals surface area contributed by atoms with Crippen LogP contribution in [0.25, 0.3) is 15.9 Å². The fourth-order valence-electron chi connectivity index (χ4n) is 4.53. The number of benzene rings is 1. The fourth-order valence-corrected chi connectivity index (χ4v) is 6.67. The lowest BCUT2D eigenvalue weighted by Crippen LogP contribution is -2.16. The molecule has 5 rings (SSSR count). The van der Waals surface area contributed by atoms with Gasteiger partial charge in [0.1, 0.15) is 10.7 Å². The van der Waals surface area contributed by atoms with E-state index in [9.17, 15) is 4.79 Å². The Morgan fingerprint density at radius 1 is 1.28 bits per heavy atom. The first-order chi connectivity index (χ1) is 15.5. The summed E-state index contributed by atoms with van der Waals surface area (Å²) in [7, 11) is 0. The maximum Gasteiger partial charge on any atom is 0.234 e. The summed E-state index contributed by atoms with van der Waals surface area (Å²) in [5.74, 6) is 1.89. The SMILES string of the molecule is CCc1nc2sc3c(c2c2nnc(SCC(=O)Nc4c(C)cccc4C)n12)CCC(C)C3. The summed E-state index contributed by atoms with van der Waals surface area (Å²) in [5, 5.41) is 14.0. The number of rotatable bonds is 5. The van der Waals surface area contributed by atoms with Crippen molar-refractivity contribution in [3.63, 3.8) is 0 Å². The minimum absolute atomic E-state index is 0.0434. The number of carbonyl (C=O) groups is 1. The van der Waals surface area contributed by atoms with Crippen LogP contribution in [-0.2, 0) is 24.1 Å². The van der Waals surface area contributed by atoms with Crippen LogP contribution in [0.1, 0.15) is 47.7 Å². The van der Waals surface area contributed by atoms with E-state index in [2.05, 4.69) is 33.8 Å². The molecule has 6 nitrogen and oxygen atoms in total. The number of carbonyl (C=O) groups excluding carboxylic acids is 1. The predicted octanol–water partition coefficient (Wildman–Crippen LogP) is 5.37. The zero-order chi connectivity index (χ0) is 22.4. The van der Waals surface area contributed by atoms with E-state index in [1.165, 1.54) is 28.6 Å². The Morgan fingerprint density at radius 3 is 2.81 bits per heavy atom. The van der Waals surface area contributed by atoms with Gasteiger partial charge in [0.05, 0.1) is 11.1 Å². The van der Waals surface area contributed by atoms with E-state index in [-0.39, 0.29) is 11.7 Å². The Balaban J connectivity index is 1.46. The standard InChI is InChI=1S/C24H27N5OS2/c1-5-18-25-23-20(16-10-9-13(2)11-17(16)32-23)22-27-28-24(29(18)22)31-12-19(30)26-21-14(3)7-6-8-15(21)4/h6-8,13H,5,9-12H2,1-4H3,(H,26,30). The van der Waals surface area contributed by atoms with Crippen LogP contribution in [-0.4, -0.2) is 31.2 Å². The molecule has 4 aromatic rings. The third-order valence-corrected chi connectivity index (χ3v) is 8.31. The number of nitrogens with one attached hydrogen (secondary N) is 1. The van der Waals surface area contributed by atoms with Gasteiger partial charge in [-0.25, -0.2) is 4.98 Å². The zero-order valence-corrected chi connectivity index (χ0v) is 20.5. The normalized spacial score (nSPS) is 15.9. The average Bonchev–Trinajstić information content (AvgIpc) is 3.34. The van der Waals surface area contributed by atoms with Crippen LogP contribution >= 0.6 is 23.1 Å². The van der Waals surface area contributed by atoms with E-state index in [0.717, 1.165) is 68.8 Å². The topological polar surface area (TPSA) is 72.2 Å². The monoisotopic (exact) mass is 465 g/mol. The Kier molecular flexibility index (Phi) is 5.67. The van der Waals surface area contributed by atoms with Crippen LogP contribution in [0.5, 0.6) is 0 Å². The van der Waals surface area contributed by atoms with Gasteiger partial charge >= 0.3 is 0 Å². The molecule has 8 heteroatoms. The highest BCUT2D eigenvalue weighted by Crippen LogP contribution is 2.39. The molecule has 0 aliphatic heterocycles. The fraction of sp³-hybridized carbons (Fsp3) is 0.417. The summed E-state index contributed by atoms with van der Waals surface area (Å²) >= 11 is 3.23. The number of nitrogens with zero attached hydrogens (tertiary/aromatic N) is 4. The number of anilines is 1. The van der Waals surface area contributed by atoms with E-state index in [1.807, 2.05) is 43.4 Å². The van der Waals surface area contributed by atoms with Crippen LogP contribution in [0.3, 0.4) is 0 Å². The second-order valence-corrected chi connectivity index (χ2v) is 10.7. The molecule has 3 heterocycles. The smallest absolute Gasteiger partial charge is 0.234 e. The second kappa shape index (κ2) is 8.48. The minimum Gasteiger partial charge on any atom is -0.325 e. The van der Waals surface area contributed by atoms with Crippen molar-refractivity contribution in [2.75, 3.05) is 11.1 Å². The summed E-state index contributed by atoms with van der Waals surface area (Å²) in [6, 6.07) is 6.02. The highest BCUT2D eigenvalue weighted by Gasteiger charge is 2.25. The molecule has 1 atom stereocenters. The quantitative estimate of drug-likeness (QED) is 0.401. The molecule has 1 aliphatic rings. The van der Waals surface area contributed by atoms with Crippen molar-refractivity contribution in [3.05, 3.63) is 45.6 Å². The van der Waals surface area contributed by atoms with E-state index in [1.54, 1.807) is 0 Å². The molecule has 32 heavy (non-hydrogen) atoms. The van der Waals surface area contributed by atoms with Gasteiger partial charge in [-0.05, 0) is 55.7 Å². The van der Waals surface area contributed by atoms with Crippen LogP contribution < -0.4 is 5.32 Å². The summed E-state index contributed by atoms with van der Waals surface area (Å²) < 4.78 is 2.06. The molecule has 1 N–H and O–H groups in total. The third kappa shape index (κ3) is 3.69. The van der Waals surface area contributed by atoms with Crippen LogP contribution in [0, 0.1) is 19.8 Å². The van der Waals surface area contributed by atoms with Gasteiger partial charge in [-0.3, -0.25) is 9.20 Å². The molecule has 1 aromatic carbocycles. The molecule has 0 fully saturated rings. The average molecular weight is 466 g/mol. The number of hydrogen-bond donors (Lipinski definition) is 1. The second-order valence-electron chi connectivity index (χ2n) is 8.66. The summed E-state index contributed by atoms with van der Waals surface area (Å²) in [6.07, 6.45) is 4.19. The Morgan fingerprint density at radius 2 is 2.06 bits per heavy atom. The first kappa shape index (κ1) is 21.4. The van der Waals surface area contributed by atoms with Gasteiger partial charge in [-0.15, -0.1) is 21.5 Å². The number of thiophene rings is 1. The maximum atomic E-state index is 12.7. The Labute approximate surface area is 195 Å². The molecule has 0 spiro atoms. The van der Waals surface area contributed by atoms with Crippen molar-refractivity contribution in [2.45, 2.75) is 58.5 Å². The van der Waals surface area contributed by atoms with Gasteiger partial charge < -0.3 is 5.32 Å². The van der Waals surface area contributed by atoms with Crippen molar-refractivity contribution < 1.29 is 4.79 Å². The minimum atomic E-state index is -0.0434. The summed E-state index contributed by atoms with van der Waals surface area (Å²) in [5.41, 5.74) is 5.30. The Bertz CT molecular complexity index is 1320. The van der Waals surface area contributed by atoms with E-state index in [4.69, 9.17) is 4.98 Å². The lowest BCUT2D eigenvalue weighted by atomic mass is 9.89. The number of fused-ring (bicyclic) bond motifs is 5. The van der Waals surface area contributed by atoms with Gasteiger partial charge in [0.2, 0.25) is 5.91 Å². The molecule has 0 saturated heterocycles. The van der Waals surface area contributed by atoms with Crippen molar-refractivity contribution >= 4 is 50.6 Å².